The Morgan fingerprint density at radius 2 is 1.90 bits per heavy atom. The van der Waals surface area contributed by atoms with Crippen LogP contribution in [0.3, 0.4) is 0 Å². The number of piperazine rings is 1. The van der Waals surface area contributed by atoms with Crippen molar-refractivity contribution in [1.29, 1.82) is 0 Å². The number of nitrogens with zero attached hydrogens (tertiary/aromatic N) is 1. The zero-order valence-electron chi connectivity index (χ0n) is 12.2. The van der Waals surface area contributed by atoms with E-state index < -0.39 is 0 Å². The molecule has 0 spiro atoms. The van der Waals surface area contributed by atoms with Gasteiger partial charge in [-0.15, -0.1) is 24.8 Å². The predicted molar refractivity (Wildman–Crippen MR) is 90.0 cm³/mol. The first-order valence-corrected chi connectivity index (χ1v) is 7.62. The van der Waals surface area contributed by atoms with Crippen LogP contribution in [-0.2, 0) is 6.42 Å². The molecule has 0 bridgehead atoms. The Balaban J connectivity index is 0.000000807. The minimum Gasteiger partial charge on any atom is -0.493 e. The van der Waals surface area contributed by atoms with Crippen molar-refractivity contribution in [3.8, 4) is 5.75 Å². The van der Waals surface area contributed by atoms with Crippen molar-refractivity contribution in [3.05, 3.63) is 29.3 Å². The minimum absolute atomic E-state index is 0. The van der Waals surface area contributed by atoms with Crippen LogP contribution >= 0.6 is 24.8 Å². The highest BCUT2D eigenvalue weighted by Crippen LogP contribution is 2.45. The maximum atomic E-state index is 5.63. The highest BCUT2D eigenvalue weighted by Gasteiger charge is 2.37. The first kappa shape index (κ1) is 16.9. The van der Waals surface area contributed by atoms with Gasteiger partial charge in [0.1, 0.15) is 5.75 Å². The van der Waals surface area contributed by atoms with E-state index in [2.05, 4.69) is 28.4 Å². The molecule has 118 valence electrons. The molecule has 1 aliphatic carbocycles. The minimum atomic E-state index is 0. The average molecular weight is 331 g/mol. The molecule has 1 atom stereocenters. The number of hydrogen-bond acceptors (Lipinski definition) is 3. The summed E-state index contributed by atoms with van der Waals surface area (Å²) in [6.45, 7) is 5.51. The Labute approximate surface area is 139 Å². The van der Waals surface area contributed by atoms with Crippen molar-refractivity contribution in [2.24, 2.45) is 5.92 Å². The van der Waals surface area contributed by atoms with E-state index in [1.165, 1.54) is 37.1 Å². The Kier molecular flexibility index (Phi) is 5.78. The molecule has 4 rings (SSSR count). The van der Waals surface area contributed by atoms with Gasteiger partial charge in [-0.3, -0.25) is 4.90 Å². The van der Waals surface area contributed by atoms with E-state index >= 15 is 0 Å². The monoisotopic (exact) mass is 330 g/mol. The normalized spacial score (nSPS) is 22.5. The number of benzene rings is 1. The summed E-state index contributed by atoms with van der Waals surface area (Å²) in [5.41, 5.74) is 2.94. The molecule has 1 N–H and O–H groups in total. The lowest BCUT2D eigenvalue weighted by Gasteiger charge is -2.35. The van der Waals surface area contributed by atoms with Gasteiger partial charge in [0.05, 0.1) is 6.61 Å². The molecule has 5 heteroatoms. The van der Waals surface area contributed by atoms with Crippen molar-refractivity contribution in [2.45, 2.75) is 25.3 Å². The van der Waals surface area contributed by atoms with Gasteiger partial charge in [0.2, 0.25) is 0 Å². The second kappa shape index (κ2) is 7.19. The first-order valence-electron chi connectivity index (χ1n) is 7.62. The molecule has 0 radical (unpaired) electrons. The van der Waals surface area contributed by atoms with Crippen LogP contribution in [0.25, 0.3) is 0 Å². The topological polar surface area (TPSA) is 24.5 Å². The van der Waals surface area contributed by atoms with Crippen LogP contribution in [0.1, 0.15) is 30.0 Å². The molecule has 1 saturated heterocycles. The van der Waals surface area contributed by atoms with Crippen LogP contribution in [0.2, 0.25) is 0 Å². The highest BCUT2D eigenvalue weighted by molar-refractivity contribution is 5.85. The molecule has 0 unspecified atom stereocenters. The third kappa shape index (κ3) is 3.48. The standard InChI is InChI=1S/C16H22N2O.2ClH/c1-2-12(1)16(18-8-6-17-7-9-18)14-3-4-15-13(11-14)5-10-19-15;;/h3-4,11-12,16-17H,1-2,5-10H2;2*1H/t16-;;/m1../s1. The molecule has 0 aromatic heterocycles. The maximum Gasteiger partial charge on any atom is 0.122 e. The Morgan fingerprint density at radius 1 is 1.14 bits per heavy atom. The fraction of sp³-hybridized carbons (Fsp3) is 0.625. The van der Waals surface area contributed by atoms with Crippen LogP contribution in [0.4, 0.5) is 0 Å². The summed E-state index contributed by atoms with van der Waals surface area (Å²) in [6, 6.07) is 7.55. The quantitative estimate of drug-likeness (QED) is 0.922. The van der Waals surface area contributed by atoms with Crippen molar-refractivity contribution in [2.75, 3.05) is 32.8 Å². The second-order valence-corrected chi connectivity index (χ2v) is 6.03. The van der Waals surface area contributed by atoms with Gasteiger partial charge in [0, 0.05) is 38.6 Å². The van der Waals surface area contributed by atoms with Gasteiger partial charge in [-0.2, -0.15) is 0 Å². The Hall–Kier alpha value is -0.480. The summed E-state index contributed by atoms with van der Waals surface area (Å²) < 4.78 is 5.63. The zero-order valence-corrected chi connectivity index (χ0v) is 13.8. The predicted octanol–water partition coefficient (Wildman–Crippen LogP) is 2.82. The van der Waals surface area contributed by atoms with E-state index in [4.69, 9.17) is 4.74 Å². The molecule has 3 aliphatic rings. The van der Waals surface area contributed by atoms with Gasteiger partial charge in [0.25, 0.3) is 0 Å². The first-order chi connectivity index (χ1) is 9.42. The molecule has 21 heavy (non-hydrogen) atoms. The number of halogens is 2. The lowest BCUT2D eigenvalue weighted by Crippen LogP contribution is -2.45. The third-order valence-corrected chi connectivity index (χ3v) is 4.67. The Bertz CT molecular complexity index is 473. The van der Waals surface area contributed by atoms with Crippen molar-refractivity contribution in [3.63, 3.8) is 0 Å². The summed E-state index contributed by atoms with van der Waals surface area (Å²) in [5.74, 6) is 2.00. The molecular weight excluding hydrogens is 307 g/mol. The van der Waals surface area contributed by atoms with Crippen LogP contribution in [0.5, 0.6) is 5.75 Å². The summed E-state index contributed by atoms with van der Waals surface area (Å²) >= 11 is 0. The van der Waals surface area contributed by atoms with Gasteiger partial charge in [-0.1, -0.05) is 12.1 Å². The molecule has 1 aromatic rings. The number of nitrogens with one attached hydrogen (secondary N) is 1. The van der Waals surface area contributed by atoms with Gasteiger partial charge in [0.15, 0.2) is 0 Å². The highest BCUT2D eigenvalue weighted by atomic mass is 35.5. The van der Waals surface area contributed by atoms with Crippen LogP contribution < -0.4 is 10.1 Å². The summed E-state index contributed by atoms with van der Waals surface area (Å²) in [7, 11) is 0. The number of fused-ring (bicyclic) bond motifs is 1. The van der Waals surface area contributed by atoms with Gasteiger partial charge in [-0.05, 0) is 36.0 Å². The van der Waals surface area contributed by atoms with E-state index in [9.17, 15) is 0 Å². The molecule has 3 nitrogen and oxygen atoms in total. The van der Waals surface area contributed by atoms with Gasteiger partial charge >= 0.3 is 0 Å². The lowest BCUT2D eigenvalue weighted by atomic mass is 9.97. The molecule has 1 saturated carbocycles. The van der Waals surface area contributed by atoms with Crippen molar-refractivity contribution >= 4 is 24.8 Å². The van der Waals surface area contributed by atoms with Crippen LogP contribution in [0, 0.1) is 5.92 Å². The fourth-order valence-corrected chi connectivity index (χ4v) is 3.54. The summed E-state index contributed by atoms with van der Waals surface area (Å²) in [4.78, 5) is 2.69. The SMILES string of the molecule is Cl.Cl.c1cc2c(cc1[C@@H](C1CC1)N1CCNCC1)CCO2. The van der Waals surface area contributed by atoms with Crippen molar-refractivity contribution in [1.82, 2.24) is 10.2 Å². The van der Waals surface area contributed by atoms with E-state index in [-0.39, 0.29) is 24.8 Å². The summed E-state index contributed by atoms with van der Waals surface area (Å²) in [6.07, 6.45) is 3.90. The smallest absolute Gasteiger partial charge is 0.122 e. The van der Waals surface area contributed by atoms with Crippen molar-refractivity contribution < 1.29 is 4.74 Å². The molecule has 2 heterocycles. The second-order valence-electron chi connectivity index (χ2n) is 6.03. The number of hydrogen-bond donors (Lipinski definition) is 1. The lowest BCUT2D eigenvalue weighted by molar-refractivity contribution is 0.156. The summed E-state index contributed by atoms with van der Waals surface area (Å²) in [5, 5.41) is 3.46. The van der Waals surface area contributed by atoms with Gasteiger partial charge in [-0.25, -0.2) is 0 Å². The largest absolute Gasteiger partial charge is 0.493 e. The molecule has 2 fully saturated rings. The van der Waals surface area contributed by atoms with E-state index in [1.807, 2.05) is 0 Å². The van der Waals surface area contributed by atoms with E-state index in [0.717, 1.165) is 37.8 Å². The molecule has 0 amide bonds. The van der Waals surface area contributed by atoms with E-state index in [1.54, 1.807) is 0 Å². The van der Waals surface area contributed by atoms with Crippen LogP contribution in [0.15, 0.2) is 18.2 Å². The van der Waals surface area contributed by atoms with E-state index in [0.29, 0.717) is 6.04 Å². The number of ether oxygens (including phenoxy) is 1. The maximum absolute atomic E-state index is 5.63. The molecule has 2 aliphatic heterocycles. The molecule has 1 aromatic carbocycles. The van der Waals surface area contributed by atoms with Crippen LogP contribution in [-0.4, -0.2) is 37.7 Å². The number of rotatable bonds is 3. The average Bonchev–Trinajstić information content (AvgIpc) is 3.17. The zero-order chi connectivity index (χ0) is 12.7. The Morgan fingerprint density at radius 3 is 2.62 bits per heavy atom. The van der Waals surface area contributed by atoms with Gasteiger partial charge < -0.3 is 10.1 Å². The third-order valence-electron chi connectivity index (χ3n) is 4.67. The fourth-order valence-electron chi connectivity index (χ4n) is 3.54. The molecular formula is C16H24Cl2N2O.